The van der Waals surface area contributed by atoms with Crippen molar-refractivity contribution < 1.29 is 4.79 Å². The zero-order valence-corrected chi connectivity index (χ0v) is 16.9. The van der Waals surface area contributed by atoms with Gasteiger partial charge in [0.1, 0.15) is 5.82 Å². The second kappa shape index (κ2) is 6.52. The van der Waals surface area contributed by atoms with E-state index >= 15 is 0 Å². The number of benzene rings is 3. The number of carbonyl (C=O) groups excluding carboxylic acids is 1. The van der Waals surface area contributed by atoms with E-state index in [1.54, 1.807) is 6.07 Å². The van der Waals surface area contributed by atoms with Gasteiger partial charge in [-0.1, -0.05) is 73.3 Å². The first-order chi connectivity index (χ1) is 15.6. The molecular weight excluding hydrogens is 402 g/mol. The summed E-state index contributed by atoms with van der Waals surface area (Å²) in [5, 5.41) is 5.17. The number of nitrogens with one attached hydrogen (secondary N) is 2. The van der Waals surface area contributed by atoms with E-state index in [1.807, 2.05) is 60.7 Å². The van der Waals surface area contributed by atoms with Crippen LogP contribution in [0.4, 0.5) is 5.82 Å². The molecule has 3 aromatic carbocycles. The van der Waals surface area contributed by atoms with Gasteiger partial charge < -0.3 is 5.32 Å². The van der Waals surface area contributed by atoms with E-state index in [0.717, 1.165) is 21.9 Å². The van der Waals surface area contributed by atoms with Crippen LogP contribution in [0, 0.1) is 0 Å². The Balaban J connectivity index is 1.77. The highest BCUT2D eigenvalue weighted by Crippen LogP contribution is 2.49. The number of ketones is 1. The van der Waals surface area contributed by atoms with Gasteiger partial charge in [-0.2, -0.15) is 0 Å². The third-order valence-corrected chi connectivity index (χ3v) is 6.27. The first-order valence-electron chi connectivity index (χ1n) is 10.2. The van der Waals surface area contributed by atoms with Crippen LogP contribution in [0.2, 0.25) is 0 Å². The second-order valence-corrected chi connectivity index (χ2v) is 7.86. The molecule has 0 bridgehead atoms. The molecule has 0 saturated carbocycles. The third kappa shape index (κ3) is 2.32. The fraction of sp³-hybridized carbons (Fsp3) is 0.0385. The Kier molecular flexibility index (Phi) is 3.74. The van der Waals surface area contributed by atoms with Crippen molar-refractivity contribution in [2.24, 2.45) is 0 Å². The molecule has 2 aliphatic rings. The Morgan fingerprint density at radius 2 is 1.59 bits per heavy atom. The van der Waals surface area contributed by atoms with Gasteiger partial charge in [0.2, 0.25) is 0 Å². The quantitative estimate of drug-likeness (QED) is 0.515. The number of fused-ring (bicyclic) bond motifs is 4. The first-order valence-corrected chi connectivity index (χ1v) is 10.2. The van der Waals surface area contributed by atoms with E-state index in [4.69, 9.17) is 0 Å². The van der Waals surface area contributed by atoms with E-state index in [2.05, 4.69) is 16.9 Å². The van der Waals surface area contributed by atoms with Gasteiger partial charge in [0.25, 0.3) is 5.56 Å². The highest BCUT2D eigenvalue weighted by molar-refractivity contribution is 6.24. The molecule has 2 heterocycles. The van der Waals surface area contributed by atoms with Gasteiger partial charge in [0.05, 0.1) is 11.3 Å². The van der Waals surface area contributed by atoms with Crippen molar-refractivity contribution in [2.45, 2.75) is 5.92 Å². The number of Topliss-reactive ketones (excluding diaryl/α,β-unsaturated/α-hetero) is 1. The van der Waals surface area contributed by atoms with Crippen LogP contribution in [0.1, 0.15) is 33.0 Å². The van der Waals surface area contributed by atoms with Crippen LogP contribution in [0.5, 0.6) is 0 Å². The summed E-state index contributed by atoms with van der Waals surface area (Å²) >= 11 is 0. The normalized spacial score (nSPS) is 16.4. The zero-order chi connectivity index (χ0) is 22.0. The second-order valence-electron chi connectivity index (χ2n) is 7.86. The molecule has 0 saturated heterocycles. The number of aromatic nitrogens is 2. The van der Waals surface area contributed by atoms with E-state index in [-0.39, 0.29) is 5.78 Å². The van der Waals surface area contributed by atoms with Crippen molar-refractivity contribution >= 4 is 34.3 Å². The summed E-state index contributed by atoms with van der Waals surface area (Å²) in [6.07, 6.45) is 1.36. The molecule has 154 valence electrons. The largest absolute Gasteiger partial charge is 0.340 e. The van der Waals surface area contributed by atoms with Gasteiger partial charge in [0, 0.05) is 28.8 Å². The lowest BCUT2D eigenvalue weighted by atomic mass is 9.79. The van der Waals surface area contributed by atoms with Gasteiger partial charge in [-0.25, -0.2) is 4.79 Å². The number of aromatic amines is 1. The lowest BCUT2D eigenvalue weighted by Crippen LogP contribution is -2.36. The lowest BCUT2D eigenvalue weighted by molar-refractivity contribution is 0.103. The molecule has 1 unspecified atom stereocenters. The maximum absolute atomic E-state index is 13.6. The standard InChI is InChI=1S/C26H17N3O3/c1-2-29-24-21(25(31)28-26(29)32)19(16-13-7-9-14-8-3-4-10-15(14)16)20-22(27-24)17-11-5-6-12-18(17)23(20)30/h2-13,19,27H,1H2,(H,28,31,32). The van der Waals surface area contributed by atoms with Crippen LogP contribution in [0.25, 0.3) is 22.7 Å². The number of H-pyrrole nitrogens is 1. The minimum atomic E-state index is -0.650. The number of carbonyl (C=O) groups is 1. The fourth-order valence-electron chi connectivity index (χ4n) is 4.92. The molecule has 2 N–H and O–H groups in total. The maximum Gasteiger partial charge on any atom is 0.334 e. The molecule has 1 aliphatic carbocycles. The van der Waals surface area contributed by atoms with Gasteiger partial charge in [-0.3, -0.25) is 19.1 Å². The van der Waals surface area contributed by atoms with Crippen molar-refractivity contribution in [3.05, 3.63) is 122 Å². The predicted octanol–water partition coefficient (Wildman–Crippen LogP) is 3.96. The van der Waals surface area contributed by atoms with Crippen molar-refractivity contribution in [1.29, 1.82) is 0 Å². The van der Waals surface area contributed by atoms with Crippen LogP contribution in [-0.4, -0.2) is 15.3 Å². The van der Waals surface area contributed by atoms with Crippen LogP contribution < -0.4 is 16.6 Å². The molecule has 32 heavy (non-hydrogen) atoms. The molecule has 4 aromatic rings. The summed E-state index contributed by atoms with van der Waals surface area (Å²) in [4.78, 5) is 41.7. The smallest absolute Gasteiger partial charge is 0.334 e. The number of rotatable bonds is 2. The summed E-state index contributed by atoms with van der Waals surface area (Å²) in [7, 11) is 0. The Hall–Kier alpha value is -4.45. The van der Waals surface area contributed by atoms with Gasteiger partial charge in [-0.15, -0.1) is 0 Å². The summed E-state index contributed by atoms with van der Waals surface area (Å²) in [6, 6.07) is 21.1. The number of nitrogens with zero attached hydrogens (tertiary/aromatic N) is 1. The Morgan fingerprint density at radius 3 is 2.41 bits per heavy atom. The number of anilines is 1. The van der Waals surface area contributed by atoms with Crippen LogP contribution in [0.3, 0.4) is 0 Å². The molecule has 1 atom stereocenters. The monoisotopic (exact) mass is 419 g/mol. The Labute approximate surface area is 182 Å². The van der Waals surface area contributed by atoms with Crippen molar-refractivity contribution in [3.63, 3.8) is 0 Å². The van der Waals surface area contributed by atoms with E-state index < -0.39 is 17.2 Å². The molecule has 0 amide bonds. The van der Waals surface area contributed by atoms with E-state index in [0.29, 0.717) is 28.2 Å². The minimum absolute atomic E-state index is 0.123. The molecule has 0 spiro atoms. The molecular formula is C26H17N3O3. The Bertz CT molecular complexity index is 1630. The predicted molar refractivity (Wildman–Crippen MR) is 125 cm³/mol. The van der Waals surface area contributed by atoms with E-state index in [1.165, 1.54) is 10.8 Å². The van der Waals surface area contributed by atoms with Crippen molar-refractivity contribution in [1.82, 2.24) is 9.55 Å². The first kappa shape index (κ1) is 18.3. The summed E-state index contributed by atoms with van der Waals surface area (Å²) < 4.78 is 1.28. The molecule has 1 aromatic heterocycles. The fourth-order valence-corrected chi connectivity index (χ4v) is 4.92. The van der Waals surface area contributed by atoms with Crippen molar-refractivity contribution in [3.8, 4) is 0 Å². The summed E-state index contributed by atoms with van der Waals surface area (Å²) in [5.74, 6) is -0.444. The summed E-state index contributed by atoms with van der Waals surface area (Å²) in [5.41, 5.74) is 2.50. The minimum Gasteiger partial charge on any atom is -0.340 e. The topological polar surface area (TPSA) is 84.0 Å². The lowest BCUT2D eigenvalue weighted by Gasteiger charge is -2.29. The number of hydrogen-bond acceptors (Lipinski definition) is 4. The highest BCUT2D eigenvalue weighted by Gasteiger charge is 2.42. The highest BCUT2D eigenvalue weighted by atomic mass is 16.2. The zero-order valence-electron chi connectivity index (χ0n) is 16.9. The average Bonchev–Trinajstić information content (AvgIpc) is 3.10. The molecule has 6 rings (SSSR count). The van der Waals surface area contributed by atoms with E-state index in [9.17, 15) is 14.4 Å². The van der Waals surface area contributed by atoms with Crippen LogP contribution in [0.15, 0.2) is 88.5 Å². The molecule has 0 radical (unpaired) electrons. The number of hydrogen-bond donors (Lipinski definition) is 2. The number of allylic oxidation sites excluding steroid dienone is 1. The van der Waals surface area contributed by atoms with Gasteiger partial charge >= 0.3 is 5.69 Å². The third-order valence-electron chi connectivity index (χ3n) is 6.27. The van der Waals surface area contributed by atoms with Crippen LogP contribution in [-0.2, 0) is 0 Å². The SMILES string of the molecule is C=Cn1c2c(c(=O)[nH]c1=O)C(c1cccc3ccccc13)C1=C(N2)c2ccccc2C1=O. The average molecular weight is 419 g/mol. The van der Waals surface area contributed by atoms with Gasteiger partial charge in [0.15, 0.2) is 5.78 Å². The molecule has 6 heteroatoms. The molecule has 1 aliphatic heterocycles. The summed E-state index contributed by atoms with van der Waals surface area (Å²) in [6.45, 7) is 3.74. The molecule has 0 fully saturated rings. The molecule has 6 nitrogen and oxygen atoms in total. The van der Waals surface area contributed by atoms with Crippen LogP contribution >= 0.6 is 0 Å². The maximum atomic E-state index is 13.6. The van der Waals surface area contributed by atoms with Crippen molar-refractivity contribution in [2.75, 3.05) is 5.32 Å². The Morgan fingerprint density at radius 1 is 0.875 bits per heavy atom. The van der Waals surface area contributed by atoms with Gasteiger partial charge in [-0.05, 0) is 16.3 Å².